The summed E-state index contributed by atoms with van der Waals surface area (Å²) in [7, 11) is 3.56. The number of rotatable bonds is 7. The molecule has 0 atom stereocenters. The lowest BCUT2D eigenvalue weighted by Gasteiger charge is -2.17. The van der Waals surface area contributed by atoms with E-state index in [1.807, 2.05) is 60.5 Å². The Hall–Kier alpha value is -3.39. The maximum Gasteiger partial charge on any atom is 0.275 e. The number of hydrogen-bond donors (Lipinski definition) is 0. The lowest BCUT2D eigenvalue weighted by atomic mass is 10.2. The third-order valence-corrected chi connectivity index (χ3v) is 5.60. The minimum Gasteiger partial charge on any atom is -0.493 e. The highest BCUT2D eigenvalue weighted by Gasteiger charge is 2.13. The van der Waals surface area contributed by atoms with Crippen molar-refractivity contribution in [2.24, 2.45) is 0 Å². The molecule has 154 valence electrons. The van der Waals surface area contributed by atoms with Gasteiger partial charge < -0.3 is 14.4 Å². The Morgan fingerprint density at radius 1 is 1.07 bits per heavy atom. The maximum absolute atomic E-state index is 12.1. The van der Waals surface area contributed by atoms with Gasteiger partial charge in [0, 0.05) is 25.4 Å². The van der Waals surface area contributed by atoms with E-state index in [0.717, 1.165) is 11.1 Å². The second-order valence-corrected chi connectivity index (χ2v) is 7.86. The van der Waals surface area contributed by atoms with Crippen LogP contribution < -0.4 is 19.9 Å². The van der Waals surface area contributed by atoms with E-state index in [4.69, 9.17) is 9.47 Å². The van der Waals surface area contributed by atoms with Crippen molar-refractivity contribution in [2.75, 3.05) is 19.1 Å². The normalized spacial score (nSPS) is 10.9. The molecule has 0 bridgehead atoms. The first-order chi connectivity index (χ1) is 14.5. The molecule has 7 nitrogen and oxygen atoms in total. The van der Waals surface area contributed by atoms with Crippen LogP contribution in [0.5, 0.6) is 11.5 Å². The Kier molecular flexibility index (Phi) is 5.67. The van der Waals surface area contributed by atoms with E-state index in [1.54, 1.807) is 14.0 Å². The molecule has 0 aliphatic rings. The fraction of sp³-hybridized carbons (Fsp3) is 0.227. The van der Waals surface area contributed by atoms with Crippen molar-refractivity contribution in [3.8, 4) is 11.5 Å². The van der Waals surface area contributed by atoms with Gasteiger partial charge >= 0.3 is 0 Å². The molecule has 0 aliphatic carbocycles. The Balaban J connectivity index is 1.50. The fourth-order valence-electron chi connectivity index (χ4n) is 3.07. The van der Waals surface area contributed by atoms with Crippen LogP contribution in [0, 0.1) is 6.92 Å². The molecule has 2 aromatic heterocycles. The van der Waals surface area contributed by atoms with Crippen molar-refractivity contribution < 1.29 is 9.47 Å². The lowest BCUT2D eigenvalue weighted by molar-refractivity contribution is 0.284. The van der Waals surface area contributed by atoms with Crippen LogP contribution in [0.3, 0.4) is 0 Å². The second kappa shape index (κ2) is 8.54. The summed E-state index contributed by atoms with van der Waals surface area (Å²) in [6, 6.07) is 17.4. The molecule has 2 aromatic carbocycles. The predicted octanol–water partition coefficient (Wildman–Crippen LogP) is 3.68. The van der Waals surface area contributed by atoms with Crippen molar-refractivity contribution in [1.29, 1.82) is 0 Å². The molecule has 30 heavy (non-hydrogen) atoms. The molecule has 0 radical (unpaired) electrons. The van der Waals surface area contributed by atoms with Crippen LogP contribution in [0.15, 0.2) is 59.4 Å². The highest BCUT2D eigenvalue weighted by molar-refractivity contribution is 7.20. The number of benzene rings is 2. The quantitative estimate of drug-likeness (QED) is 0.453. The smallest absolute Gasteiger partial charge is 0.275 e. The first kappa shape index (κ1) is 19.9. The van der Waals surface area contributed by atoms with Gasteiger partial charge in [-0.2, -0.15) is 4.52 Å². The van der Waals surface area contributed by atoms with Crippen LogP contribution in [0.2, 0.25) is 0 Å². The number of hydrogen-bond acceptors (Lipinski definition) is 7. The van der Waals surface area contributed by atoms with E-state index in [1.165, 1.54) is 21.9 Å². The molecule has 0 aliphatic heterocycles. The molecule has 0 spiro atoms. The minimum atomic E-state index is -0.171. The van der Waals surface area contributed by atoms with E-state index in [9.17, 15) is 4.79 Å². The van der Waals surface area contributed by atoms with E-state index < -0.39 is 0 Å². The Labute approximate surface area is 178 Å². The van der Waals surface area contributed by atoms with Gasteiger partial charge in [-0.25, -0.2) is 4.98 Å². The highest BCUT2D eigenvalue weighted by Crippen LogP contribution is 2.30. The largest absolute Gasteiger partial charge is 0.493 e. The third kappa shape index (κ3) is 4.28. The summed E-state index contributed by atoms with van der Waals surface area (Å²) in [6.45, 7) is 2.88. The van der Waals surface area contributed by atoms with Crippen molar-refractivity contribution >= 4 is 21.4 Å². The molecule has 0 unspecified atom stereocenters. The van der Waals surface area contributed by atoms with Crippen molar-refractivity contribution in [3.63, 3.8) is 0 Å². The number of methoxy groups -OCH3 is 1. The summed E-state index contributed by atoms with van der Waals surface area (Å²) in [5.74, 6) is 1.37. The molecular formula is C22H22N4O3S. The van der Waals surface area contributed by atoms with Crippen LogP contribution in [-0.2, 0) is 13.2 Å². The van der Waals surface area contributed by atoms with Crippen LogP contribution in [0.1, 0.15) is 16.8 Å². The standard InChI is InChI=1S/C22H22N4O3S/c1-15-11-20(27)26-21(23-15)30-22(24-26)25(2)13-17-9-10-18(19(12-17)28-3)29-14-16-7-5-4-6-8-16/h4-12H,13-14H2,1-3H3. The number of anilines is 1. The van der Waals surface area contributed by atoms with Gasteiger partial charge in [-0.1, -0.05) is 47.7 Å². The van der Waals surface area contributed by atoms with E-state index in [2.05, 4.69) is 10.1 Å². The SMILES string of the molecule is COc1cc(CN(C)c2nn3c(=O)cc(C)nc3s2)ccc1OCc1ccccc1. The van der Waals surface area contributed by atoms with E-state index in [0.29, 0.717) is 40.4 Å². The van der Waals surface area contributed by atoms with E-state index >= 15 is 0 Å². The molecular weight excluding hydrogens is 400 g/mol. The molecule has 2 heterocycles. The monoisotopic (exact) mass is 422 g/mol. The molecule has 4 aromatic rings. The molecule has 8 heteroatoms. The molecule has 0 saturated carbocycles. The number of nitrogens with zero attached hydrogens (tertiary/aromatic N) is 4. The molecule has 4 rings (SSSR count). The summed E-state index contributed by atoms with van der Waals surface area (Å²) in [4.78, 5) is 19.1. The van der Waals surface area contributed by atoms with Gasteiger partial charge in [0.1, 0.15) is 6.61 Å². The highest BCUT2D eigenvalue weighted by atomic mass is 32.1. The van der Waals surface area contributed by atoms with Crippen LogP contribution >= 0.6 is 11.3 Å². The Bertz CT molecular complexity index is 1220. The molecule has 0 N–H and O–H groups in total. The van der Waals surface area contributed by atoms with Crippen molar-refractivity contribution in [1.82, 2.24) is 14.6 Å². The van der Waals surface area contributed by atoms with Crippen LogP contribution in [-0.4, -0.2) is 28.8 Å². The van der Waals surface area contributed by atoms with Gasteiger partial charge in [-0.3, -0.25) is 4.79 Å². The molecule has 0 amide bonds. The second-order valence-electron chi connectivity index (χ2n) is 6.93. The number of ether oxygens (including phenoxy) is 2. The topological polar surface area (TPSA) is 69.0 Å². The number of aryl methyl sites for hydroxylation is 1. The Morgan fingerprint density at radius 3 is 2.63 bits per heavy atom. The maximum atomic E-state index is 12.1. The van der Waals surface area contributed by atoms with Gasteiger partial charge in [-0.15, -0.1) is 5.10 Å². The summed E-state index contributed by atoms with van der Waals surface area (Å²) in [5, 5.41) is 5.12. The molecule has 0 fully saturated rings. The van der Waals surface area contributed by atoms with Gasteiger partial charge in [0.25, 0.3) is 5.56 Å². The minimum absolute atomic E-state index is 0.171. The zero-order valence-corrected chi connectivity index (χ0v) is 17.8. The lowest BCUT2D eigenvalue weighted by Crippen LogP contribution is -2.18. The number of fused-ring (bicyclic) bond motifs is 1. The zero-order chi connectivity index (χ0) is 21.1. The van der Waals surface area contributed by atoms with Crippen LogP contribution in [0.4, 0.5) is 5.13 Å². The first-order valence-electron chi connectivity index (χ1n) is 9.46. The number of aromatic nitrogens is 3. The van der Waals surface area contributed by atoms with Gasteiger partial charge in [0.05, 0.1) is 7.11 Å². The summed E-state index contributed by atoms with van der Waals surface area (Å²) in [5.41, 5.74) is 2.65. The Morgan fingerprint density at radius 2 is 1.87 bits per heavy atom. The van der Waals surface area contributed by atoms with Crippen LogP contribution in [0.25, 0.3) is 4.96 Å². The third-order valence-electron chi connectivity index (χ3n) is 4.57. The van der Waals surface area contributed by atoms with Crippen molar-refractivity contribution in [2.45, 2.75) is 20.1 Å². The van der Waals surface area contributed by atoms with E-state index in [-0.39, 0.29) is 5.56 Å². The van der Waals surface area contributed by atoms with Gasteiger partial charge in [0.15, 0.2) is 11.5 Å². The fourth-order valence-corrected chi connectivity index (χ4v) is 3.98. The average Bonchev–Trinajstić information content (AvgIpc) is 3.18. The summed E-state index contributed by atoms with van der Waals surface area (Å²) in [6.07, 6.45) is 0. The zero-order valence-electron chi connectivity index (χ0n) is 17.0. The average molecular weight is 423 g/mol. The predicted molar refractivity (Wildman–Crippen MR) is 118 cm³/mol. The van der Waals surface area contributed by atoms with Gasteiger partial charge in [-0.05, 0) is 30.2 Å². The summed E-state index contributed by atoms with van der Waals surface area (Å²) >= 11 is 1.38. The first-order valence-corrected chi connectivity index (χ1v) is 10.3. The molecule has 0 saturated heterocycles. The summed E-state index contributed by atoms with van der Waals surface area (Å²) < 4.78 is 12.8. The van der Waals surface area contributed by atoms with Crippen molar-refractivity contribution in [3.05, 3.63) is 81.8 Å². The van der Waals surface area contributed by atoms with Gasteiger partial charge in [0.2, 0.25) is 10.1 Å².